The molecule has 0 saturated carbocycles. The van der Waals surface area contributed by atoms with Crippen molar-refractivity contribution in [3.63, 3.8) is 0 Å². The Morgan fingerprint density at radius 1 is 0.923 bits per heavy atom. The third kappa shape index (κ3) is 3.28. The van der Waals surface area contributed by atoms with Crippen LogP contribution in [0.3, 0.4) is 0 Å². The van der Waals surface area contributed by atoms with Crippen molar-refractivity contribution in [2.45, 2.75) is 27.7 Å². The van der Waals surface area contributed by atoms with E-state index < -0.39 is 6.54 Å². The molecule has 80 valence electrons. The highest BCUT2D eigenvalue weighted by molar-refractivity contribution is 7.93. The topological polar surface area (TPSA) is 6.48 Å². The summed E-state index contributed by atoms with van der Waals surface area (Å²) in [5, 5.41) is 0. The van der Waals surface area contributed by atoms with E-state index in [4.69, 9.17) is 11.2 Å². The Labute approximate surface area is 87.7 Å². The standard InChI is InChI=1S/C9H22ClN2P/c1-6-11(7-2)13(5,10)12(8-3)9-4/h5-9H2,1-4H3. The average Bonchev–Trinajstić information content (AvgIpc) is 2.07. The lowest BCUT2D eigenvalue weighted by Gasteiger charge is -2.38. The Morgan fingerprint density at radius 3 is 1.31 bits per heavy atom. The van der Waals surface area contributed by atoms with Gasteiger partial charge in [-0.1, -0.05) is 45.2 Å². The Hall–Kier alpha value is 0.510. The number of halogens is 1. The van der Waals surface area contributed by atoms with Crippen molar-refractivity contribution < 1.29 is 0 Å². The van der Waals surface area contributed by atoms with Gasteiger partial charge in [0.1, 0.15) is 0 Å². The molecular formula is C9H22ClN2P. The molecule has 0 aromatic heterocycles. The summed E-state index contributed by atoms with van der Waals surface area (Å²) in [7, 11) is 0. The lowest BCUT2D eigenvalue weighted by Crippen LogP contribution is -2.29. The fourth-order valence-electron chi connectivity index (χ4n) is 1.49. The van der Waals surface area contributed by atoms with E-state index in [9.17, 15) is 0 Å². The highest BCUT2D eigenvalue weighted by Crippen LogP contribution is 2.56. The van der Waals surface area contributed by atoms with Crippen LogP contribution in [0.25, 0.3) is 0 Å². The number of rotatable bonds is 6. The Bertz CT molecular complexity index is 160. The van der Waals surface area contributed by atoms with Crippen LogP contribution in [0, 0.1) is 0 Å². The SMILES string of the molecule is C=P(Cl)(N(CC)CC)N(CC)CC. The molecule has 0 spiro atoms. The minimum atomic E-state index is -1.77. The van der Waals surface area contributed by atoms with Crippen molar-refractivity contribution in [1.29, 1.82) is 0 Å². The van der Waals surface area contributed by atoms with E-state index in [0.717, 1.165) is 26.2 Å². The molecule has 0 amide bonds. The molecule has 0 aliphatic heterocycles. The highest BCUT2D eigenvalue weighted by Gasteiger charge is 2.23. The van der Waals surface area contributed by atoms with Gasteiger partial charge in [0.2, 0.25) is 0 Å². The summed E-state index contributed by atoms with van der Waals surface area (Å²) in [6.45, 7) is 10.7. The zero-order valence-corrected chi connectivity index (χ0v) is 10.9. The maximum absolute atomic E-state index is 6.52. The molecule has 0 aromatic carbocycles. The first-order valence-corrected chi connectivity index (χ1v) is 7.76. The Kier molecular flexibility index (Phi) is 6.32. The maximum atomic E-state index is 6.52. The zero-order valence-electron chi connectivity index (χ0n) is 9.26. The minimum absolute atomic E-state index is 0.980. The van der Waals surface area contributed by atoms with Crippen LogP contribution in [-0.4, -0.2) is 41.8 Å². The van der Waals surface area contributed by atoms with Gasteiger partial charge in [-0.3, -0.25) is 9.34 Å². The van der Waals surface area contributed by atoms with Gasteiger partial charge >= 0.3 is 0 Å². The molecule has 0 aliphatic rings. The molecule has 0 aromatic rings. The van der Waals surface area contributed by atoms with Gasteiger partial charge in [0.05, 0.1) is 6.54 Å². The summed E-state index contributed by atoms with van der Waals surface area (Å²) in [5.74, 6) is 0. The molecule has 0 aliphatic carbocycles. The number of hydrogen-bond donors (Lipinski definition) is 0. The second-order valence-corrected chi connectivity index (χ2v) is 6.96. The molecule has 0 unspecified atom stereocenters. The Morgan fingerprint density at radius 2 is 1.15 bits per heavy atom. The van der Waals surface area contributed by atoms with Crippen molar-refractivity contribution in [3.05, 3.63) is 0 Å². The first kappa shape index (κ1) is 13.5. The van der Waals surface area contributed by atoms with Crippen LogP contribution in [0.5, 0.6) is 0 Å². The summed E-state index contributed by atoms with van der Waals surface area (Å²) in [6.07, 6.45) is 4.18. The third-order valence-corrected chi connectivity index (χ3v) is 6.47. The predicted molar refractivity (Wildman–Crippen MR) is 65.7 cm³/mol. The van der Waals surface area contributed by atoms with Crippen LogP contribution in [-0.2, 0) is 0 Å². The maximum Gasteiger partial charge on any atom is 0.0953 e. The van der Waals surface area contributed by atoms with Crippen LogP contribution < -0.4 is 0 Å². The lowest BCUT2D eigenvalue weighted by molar-refractivity contribution is 0.431. The van der Waals surface area contributed by atoms with Crippen LogP contribution in [0.1, 0.15) is 27.7 Å². The van der Waals surface area contributed by atoms with Crippen molar-refractivity contribution in [3.8, 4) is 0 Å². The molecule has 0 atom stereocenters. The van der Waals surface area contributed by atoms with Gasteiger partial charge in [0.25, 0.3) is 0 Å². The third-order valence-electron chi connectivity index (χ3n) is 2.33. The fourth-order valence-corrected chi connectivity index (χ4v) is 4.87. The van der Waals surface area contributed by atoms with E-state index in [-0.39, 0.29) is 0 Å². The van der Waals surface area contributed by atoms with E-state index in [1.165, 1.54) is 0 Å². The predicted octanol–water partition coefficient (Wildman–Crippen LogP) is 3.10. The van der Waals surface area contributed by atoms with Gasteiger partial charge in [-0.15, -0.1) is 0 Å². The lowest BCUT2D eigenvalue weighted by atomic mass is 10.7. The molecule has 0 N–H and O–H groups in total. The van der Waals surface area contributed by atoms with Crippen LogP contribution in [0.15, 0.2) is 0 Å². The molecule has 0 bridgehead atoms. The molecule has 0 rings (SSSR count). The first-order chi connectivity index (χ1) is 6.04. The second kappa shape index (κ2) is 6.08. The van der Waals surface area contributed by atoms with Crippen LogP contribution >= 0.6 is 17.8 Å². The van der Waals surface area contributed by atoms with Gasteiger partial charge in [-0.2, -0.15) is 0 Å². The molecule has 13 heavy (non-hydrogen) atoms. The van der Waals surface area contributed by atoms with Crippen molar-refractivity contribution in [2.75, 3.05) is 26.2 Å². The Balaban J connectivity index is 4.59. The molecule has 0 heterocycles. The van der Waals surface area contributed by atoms with Gasteiger partial charge in [0.15, 0.2) is 0 Å². The molecule has 2 nitrogen and oxygen atoms in total. The summed E-state index contributed by atoms with van der Waals surface area (Å²) in [4.78, 5) is 0. The first-order valence-electron chi connectivity index (χ1n) is 4.98. The summed E-state index contributed by atoms with van der Waals surface area (Å²) >= 11 is 6.52. The van der Waals surface area contributed by atoms with E-state index in [1.807, 2.05) is 0 Å². The quantitative estimate of drug-likeness (QED) is 0.640. The summed E-state index contributed by atoms with van der Waals surface area (Å²) < 4.78 is 4.53. The highest BCUT2D eigenvalue weighted by atomic mass is 35.7. The van der Waals surface area contributed by atoms with Crippen molar-refractivity contribution in [2.24, 2.45) is 0 Å². The zero-order chi connectivity index (χ0) is 10.5. The molecule has 0 saturated heterocycles. The number of nitrogens with zero attached hydrogens (tertiary/aromatic N) is 2. The molecule has 0 radical (unpaired) electrons. The van der Waals surface area contributed by atoms with Crippen LogP contribution in [0.4, 0.5) is 0 Å². The summed E-state index contributed by atoms with van der Waals surface area (Å²) in [6, 6.07) is 0. The van der Waals surface area contributed by atoms with Crippen molar-refractivity contribution in [1.82, 2.24) is 9.34 Å². The molecule has 0 fully saturated rings. The normalized spacial score (nSPS) is 12.8. The largest absolute Gasteiger partial charge is 0.261 e. The fraction of sp³-hybridized carbons (Fsp3) is 0.889. The number of hydrogen-bond acceptors (Lipinski definition) is 2. The van der Waals surface area contributed by atoms with E-state index in [0.29, 0.717) is 0 Å². The van der Waals surface area contributed by atoms with E-state index in [1.54, 1.807) is 0 Å². The average molecular weight is 225 g/mol. The van der Waals surface area contributed by atoms with E-state index >= 15 is 0 Å². The van der Waals surface area contributed by atoms with Gasteiger partial charge < -0.3 is 0 Å². The summed E-state index contributed by atoms with van der Waals surface area (Å²) in [5.41, 5.74) is 0. The molecular weight excluding hydrogens is 203 g/mol. The van der Waals surface area contributed by atoms with Gasteiger partial charge in [-0.25, -0.2) is 0 Å². The van der Waals surface area contributed by atoms with Crippen LogP contribution in [0.2, 0.25) is 0 Å². The minimum Gasteiger partial charge on any atom is -0.261 e. The smallest absolute Gasteiger partial charge is 0.0953 e. The van der Waals surface area contributed by atoms with Gasteiger partial charge in [0, 0.05) is 26.2 Å². The second-order valence-electron chi connectivity index (χ2n) is 2.92. The van der Waals surface area contributed by atoms with Crippen molar-refractivity contribution >= 4 is 24.1 Å². The van der Waals surface area contributed by atoms with Gasteiger partial charge in [-0.05, 0) is 0 Å². The van der Waals surface area contributed by atoms with E-state index in [2.05, 4.69) is 43.3 Å². The monoisotopic (exact) mass is 224 g/mol. The molecule has 4 heteroatoms.